The lowest BCUT2D eigenvalue weighted by Gasteiger charge is -2.67. The summed E-state index contributed by atoms with van der Waals surface area (Å²) in [6.07, 6.45) is -11.5. The minimum atomic E-state index is -2.35. The van der Waals surface area contributed by atoms with Crippen molar-refractivity contribution in [3.63, 3.8) is 0 Å². The molecule has 0 radical (unpaired) electrons. The van der Waals surface area contributed by atoms with Gasteiger partial charge < -0.3 is 49.4 Å². The molecule has 1 saturated heterocycles. The number of fused-ring (bicyclic) bond motifs is 5. The Labute approximate surface area is 372 Å². The first-order chi connectivity index (χ1) is 30.0. The van der Waals surface area contributed by atoms with Crippen molar-refractivity contribution in [2.75, 3.05) is 6.61 Å². The summed E-state index contributed by atoms with van der Waals surface area (Å²) < 4.78 is 29.5. The molecule has 5 N–H and O–H groups in total. The number of amides is 1. The van der Waals surface area contributed by atoms with Gasteiger partial charge in [0.25, 0.3) is 0 Å². The van der Waals surface area contributed by atoms with Gasteiger partial charge in [-0.05, 0) is 63.5 Å². The average Bonchev–Trinajstić information content (AvgIpc) is 3.24. The molecule has 0 spiro atoms. The van der Waals surface area contributed by atoms with Crippen molar-refractivity contribution < 1.29 is 68.1 Å². The van der Waals surface area contributed by atoms with Crippen LogP contribution < -0.4 is 5.32 Å². The highest BCUT2D eigenvalue weighted by atomic mass is 16.6. The van der Waals surface area contributed by atoms with Gasteiger partial charge in [0.15, 0.2) is 17.5 Å². The predicted molar refractivity (Wildman–Crippen MR) is 230 cm³/mol. The van der Waals surface area contributed by atoms with E-state index >= 15 is 0 Å². The van der Waals surface area contributed by atoms with E-state index in [2.05, 4.69) is 5.32 Å². The van der Waals surface area contributed by atoms with Crippen molar-refractivity contribution in [1.29, 1.82) is 0 Å². The fraction of sp³-hybridized carbons (Fsp3) is 0.490. The minimum Gasteiger partial charge on any atom is -0.456 e. The molecule has 3 aromatic carbocycles. The number of nitrogens with one attached hydrogen (secondary N) is 1. The van der Waals surface area contributed by atoms with Crippen LogP contribution in [0.15, 0.2) is 108 Å². The summed E-state index contributed by atoms with van der Waals surface area (Å²) in [6.45, 7) is 11.8. The van der Waals surface area contributed by atoms with Crippen LogP contribution >= 0.6 is 0 Å². The molecule has 2 bridgehead atoms. The number of hydrogen-bond acceptors (Lipinski definition) is 14. The van der Waals surface area contributed by atoms with Gasteiger partial charge in [0.05, 0.1) is 35.6 Å². The first-order valence-electron chi connectivity index (χ1n) is 21.3. The maximum atomic E-state index is 14.9. The van der Waals surface area contributed by atoms with Crippen LogP contribution in [-0.2, 0) is 38.1 Å². The molecule has 3 aliphatic carbocycles. The topological polar surface area (TPSA) is 224 Å². The third-order valence-corrected chi connectivity index (χ3v) is 13.2. The van der Waals surface area contributed by atoms with Gasteiger partial charge in [-0.25, -0.2) is 14.4 Å². The largest absolute Gasteiger partial charge is 0.456 e. The molecule has 1 amide bonds. The van der Waals surface area contributed by atoms with Crippen LogP contribution in [0.5, 0.6) is 0 Å². The van der Waals surface area contributed by atoms with Crippen molar-refractivity contribution in [2.24, 2.45) is 16.7 Å². The Morgan fingerprint density at radius 3 is 1.92 bits per heavy atom. The van der Waals surface area contributed by atoms with Crippen LogP contribution in [0.1, 0.15) is 90.2 Å². The highest BCUT2D eigenvalue weighted by molar-refractivity contribution is 5.94. The third-order valence-electron chi connectivity index (χ3n) is 13.2. The van der Waals surface area contributed by atoms with E-state index in [0.29, 0.717) is 5.56 Å². The van der Waals surface area contributed by atoms with E-state index in [-0.39, 0.29) is 29.7 Å². The van der Waals surface area contributed by atoms with Gasteiger partial charge in [-0.2, -0.15) is 0 Å². The molecule has 3 aromatic rings. The van der Waals surface area contributed by atoms with Gasteiger partial charge in [0, 0.05) is 25.2 Å². The van der Waals surface area contributed by atoms with Gasteiger partial charge >= 0.3 is 24.0 Å². The van der Waals surface area contributed by atoms with E-state index in [1.807, 2.05) is 36.4 Å². The number of aliphatic hydroxyl groups excluding tert-OH is 3. The standard InChI is InChI=1S/C43H53NO14.C6H6/c1-22-26(55-37(51)32(48)30(24-15-11-9-12-16-24)44-38(52)58-39(3,4)5)20-43(53)35(56-36(50)25-17-13-10-14-18-25)33-41(8,34(49)31(47)29(22)40(43,6)7)27(46)19-28-42(33,21-54-28)57-23(2)45;1-2-4-6-5-3-1/h9-18,26-28,30-33,35,46-48,53H,19-21H2,1-8H3,(H,44,52);1-6H/t26-,27-,28+,30-,31+,32+,33-,35-,41+,42-,43+;/m0./s1. The predicted octanol–water partition coefficient (Wildman–Crippen LogP) is 4.95. The zero-order chi connectivity index (χ0) is 47.0. The summed E-state index contributed by atoms with van der Waals surface area (Å²) in [7, 11) is 0. The number of carbonyl (C=O) groups is 5. The zero-order valence-electron chi connectivity index (χ0n) is 37.3. The third kappa shape index (κ3) is 8.83. The fourth-order valence-corrected chi connectivity index (χ4v) is 9.94. The van der Waals surface area contributed by atoms with E-state index in [4.69, 9.17) is 23.7 Å². The van der Waals surface area contributed by atoms with E-state index in [1.54, 1.807) is 83.1 Å². The van der Waals surface area contributed by atoms with E-state index in [9.17, 15) is 44.4 Å². The lowest BCUT2D eigenvalue weighted by atomic mass is 9.44. The van der Waals surface area contributed by atoms with Gasteiger partial charge in [0.2, 0.25) is 0 Å². The molecule has 2 saturated carbocycles. The molecule has 0 aromatic heterocycles. The normalized spacial score (nSPS) is 31.3. The van der Waals surface area contributed by atoms with Gasteiger partial charge in [-0.3, -0.25) is 9.59 Å². The maximum absolute atomic E-state index is 14.9. The molecule has 1 heterocycles. The summed E-state index contributed by atoms with van der Waals surface area (Å²) in [5, 5.41) is 51.6. The molecular weight excluding hydrogens is 827 g/mol. The molecule has 64 heavy (non-hydrogen) atoms. The number of Topliss-reactive ketones (excluding diaryl/α,β-unsaturated/α-hetero) is 1. The maximum Gasteiger partial charge on any atom is 0.408 e. The molecule has 15 nitrogen and oxygen atoms in total. The number of hydrogen-bond donors (Lipinski definition) is 5. The van der Waals surface area contributed by atoms with Crippen LogP contribution in [0.25, 0.3) is 0 Å². The lowest BCUT2D eigenvalue weighted by molar-refractivity contribution is -0.346. The Bertz CT molecular complexity index is 2200. The van der Waals surface area contributed by atoms with Crippen LogP contribution in [0.4, 0.5) is 4.79 Å². The fourth-order valence-electron chi connectivity index (χ4n) is 9.94. The first kappa shape index (κ1) is 48.0. The summed E-state index contributed by atoms with van der Waals surface area (Å²) in [6, 6.07) is 26.6. The SMILES string of the molecule is CC(=O)O[C@@]12CO[C@@H]1C[C@H](O)[C@@]1(C)C(=O)[C@H](O)C3=C(C)[C@@H](OC(=O)[C@H](O)[C@@H](NC(=O)OC(C)(C)C)c4ccccc4)C[C@@](O)([C@@H](OC(=O)c4ccccc4)[C@H]21)C3(C)C.c1ccccc1. The molecule has 344 valence electrons. The number of alkyl carbamates (subject to hydrolysis) is 1. The van der Waals surface area contributed by atoms with Crippen molar-refractivity contribution >= 4 is 29.8 Å². The molecule has 15 heteroatoms. The highest BCUT2D eigenvalue weighted by Crippen LogP contribution is 2.64. The summed E-state index contributed by atoms with van der Waals surface area (Å²) >= 11 is 0. The number of ketones is 1. The number of rotatable bonds is 8. The summed E-state index contributed by atoms with van der Waals surface area (Å²) in [5.41, 5.74) is -8.14. The molecule has 1 aliphatic heterocycles. The Morgan fingerprint density at radius 2 is 1.41 bits per heavy atom. The summed E-state index contributed by atoms with van der Waals surface area (Å²) in [5.74, 6) is -5.36. The van der Waals surface area contributed by atoms with Crippen LogP contribution in [0.2, 0.25) is 0 Å². The Balaban J connectivity index is 0.00000105. The first-order valence-corrected chi connectivity index (χ1v) is 21.3. The number of ether oxygens (including phenoxy) is 5. The second-order valence-electron chi connectivity index (χ2n) is 18.7. The number of carbonyl (C=O) groups excluding carboxylic acids is 5. The lowest BCUT2D eigenvalue weighted by Crippen LogP contribution is -2.81. The smallest absolute Gasteiger partial charge is 0.408 e. The molecular formula is C49H59NO14. The van der Waals surface area contributed by atoms with Crippen molar-refractivity contribution in [3.8, 4) is 0 Å². The van der Waals surface area contributed by atoms with E-state index in [0.717, 1.165) is 6.92 Å². The van der Waals surface area contributed by atoms with E-state index in [1.165, 1.54) is 26.0 Å². The summed E-state index contributed by atoms with van der Waals surface area (Å²) in [4.78, 5) is 68.9. The van der Waals surface area contributed by atoms with E-state index < -0.39 is 112 Å². The highest BCUT2D eigenvalue weighted by Gasteiger charge is 2.78. The second kappa shape index (κ2) is 18.2. The van der Waals surface area contributed by atoms with Gasteiger partial charge in [-0.15, -0.1) is 0 Å². The number of benzene rings is 3. The Morgan fingerprint density at radius 1 is 0.859 bits per heavy atom. The van der Waals surface area contributed by atoms with Gasteiger partial charge in [-0.1, -0.05) is 98.8 Å². The quantitative estimate of drug-likeness (QED) is 0.115. The molecule has 11 atom stereocenters. The second-order valence-corrected chi connectivity index (χ2v) is 18.7. The van der Waals surface area contributed by atoms with Crippen LogP contribution in [0.3, 0.4) is 0 Å². The van der Waals surface area contributed by atoms with Gasteiger partial charge in [0.1, 0.15) is 35.6 Å². The van der Waals surface area contributed by atoms with Crippen molar-refractivity contribution in [1.82, 2.24) is 5.32 Å². The molecule has 0 unspecified atom stereocenters. The monoisotopic (exact) mass is 885 g/mol. The average molecular weight is 886 g/mol. The number of aliphatic hydroxyl groups is 4. The molecule has 3 fully saturated rings. The molecule has 4 aliphatic rings. The van der Waals surface area contributed by atoms with Crippen LogP contribution in [0, 0.1) is 16.7 Å². The zero-order valence-corrected chi connectivity index (χ0v) is 37.3. The molecule has 7 rings (SSSR count). The van der Waals surface area contributed by atoms with Crippen molar-refractivity contribution in [2.45, 2.75) is 128 Å². The Hall–Kier alpha value is -5.45. The number of esters is 3. The van der Waals surface area contributed by atoms with Crippen LogP contribution in [-0.4, -0.2) is 110 Å². The van der Waals surface area contributed by atoms with Crippen molar-refractivity contribution in [3.05, 3.63) is 119 Å². The minimum absolute atomic E-state index is 0.0637. The Kier molecular flexibility index (Phi) is 13.7.